The quantitative estimate of drug-likeness (QED) is 0.283. The Hall–Kier alpha value is -3.66. The molecule has 0 heterocycles. The predicted octanol–water partition coefficient (Wildman–Crippen LogP) is 8.22. The molecule has 36 heavy (non-hydrogen) atoms. The first kappa shape index (κ1) is 26.9. The second kappa shape index (κ2) is 12.3. The molecule has 3 aromatic rings. The van der Waals surface area contributed by atoms with Gasteiger partial charge in [-0.25, -0.2) is 9.38 Å². The van der Waals surface area contributed by atoms with Crippen molar-refractivity contribution in [1.29, 1.82) is 0 Å². The molecular weight excluding hydrogens is 475 g/mol. The van der Waals surface area contributed by atoms with Gasteiger partial charge in [0.05, 0.1) is 11.3 Å². The molecular formula is C30H30ClFN2O2. The maximum absolute atomic E-state index is 13.2. The lowest BCUT2D eigenvalue weighted by Crippen LogP contribution is -2.23. The Balaban J connectivity index is 1.71. The molecule has 0 unspecified atom stereocenters. The fraction of sp³-hybridized carbons (Fsp3) is 0.233. The highest BCUT2D eigenvalue weighted by atomic mass is 35.5. The van der Waals surface area contributed by atoms with Crippen molar-refractivity contribution in [3.05, 3.63) is 107 Å². The second-order valence-corrected chi connectivity index (χ2v) is 9.59. The summed E-state index contributed by atoms with van der Waals surface area (Å²) in [5.74, 6) is 2.67. The summed E-state index contributed by atoms with van der Waals surface area (Å²) >= 11 is 6.13. The van der Waals surface area contributed by atoms with E-state index in [2.05, 4.69) is 49.6 Å². The minimum Gasteiger partial charge on any atom is -0.457 e. The van der Waals surface area contributed by atoms with Gasteiger partial charge in [0.15, 0.2) is 0 Å². The van der Waals surface area contributed by atoms with Crippen molar-refractivity contribution in [2.45, 2.75) is 40.2 Å². The number of rotatable bonds is 10. The van der Waals surface area contributed by atoms with Gasteiger partial charge in [0, 0.05) is 17.1 Å². The number of nitrogens with zero attached hydrogens (tertiary/aromatic N) is 1. The van der Waals surface area contributed by atoms with E-state index in [4.69, 9.17) is 16.3 Å². The normalized spacial score (nSPS) is 11.5. The van der Waals surface area contributed by atoms with Crippen molar-refractivity contribution >= 4 is 29.1 Å². The van der Waals surface area contributed by atoms with Gasteiger partial charge >= 0.3 is 0 Å². The lowest BCUT2D eigenvalue weighted by atomic mass is 9.86. The van der Waals surface area contributed by atoms with Gasteiger partial charge in [-0.15, -0.1) is 0 Å². The van der Waals surface area contributed by atoms with E-state index in [1.165, 1.54) is 24.3 Å². The van der Waals surface area contributed by atoms with Gasteiger partial charge < -0.3 is 10.1 Å². The smallest absolute Gasteiger partial charge is 0.255 e. The molecule has 0 radical (unpaired) electrons. The van der Waals surface area contributed by atoms with E-state index in [0.29, 0.717) is 23.1 Å². The number of benzene rings is 3. The van der Waals surface area contributed by atoms with Crippen LogP contribution in [0, 0.1) is 11.2 Å². The van der Waals surface area contributed by atoms with Crippen LogP contribution in [0.1, 0.15) is 55.1 Å². The minimum absolute atomic E-state index is 0.186. The van der Waals surface area contributed by atoms with Crippen molar-refractivity contribution in [3.63, 3.8) is 0 Å². The first-order chi connectivity index (χ1) is 17.2. The molecule has 186 valence electrons. The molecule has 3 rings (SSSR count). The molecule has 0 saturated heterocycles. The Kier molecular flexibility index (Phi) is 9.24. The highest BCUT2D eigenvalue weighted by molar-refractivity contribution is 6.31. The average molecular weight is 505 g/mol. The molecule has 0 aliphatic rings. The third-order valence-corrected chi connectivity index (χ3v) is 6.17. The summed E-state index contributed by atoms with van der Waals surface area (Å²) in [4.78, 5) is 17.3. The SMILES string of the molecule is C=C=N/C(=C/CC(C)(C)CC)c1ccc(CNC(=O)c2cc(Cl)ccc2Oc2ccc(F)cc2)cc1. The average Bonchev–Trinajstić information content (AvgIpc) is 2.88. The van der Waals surface area contributed by atoms with Gasteiger partial charge in [-0.2, -0.15) is 0 Å². The Morgan fingerprint density at radius 1 is 1.14 bits per heavy atom. The number of amides is 1. The van der Waals surface area contributed by atoms with Gasteiger partial charge in [-0.3, -0.25) is 4.79 Å². The molecule has 0 atom stereocenters. The summed E-state index contributed by atoms with van der Waals surface area (Å²) in [7, 11) is 0. The number of halogens is 2. The van der Waals surface area contributed by atoms with E-state index in [9.17, 15) is 9.18 Å². The highest BCUT2D eigenvalue weighted by Gasteiger charge is 2.15. The van der Waals surface area contributed by atoms with Crippen LogP contribution >= 0.6 is 11.6 Å². The fourth-order valence-corrected chi connectivity index (χ4v) is 3.47. The molecule has 0 aliphatic heterocycles. The number of aliphatic imine (C=N–C) groups is 1. The number of hydrogen-bond donors (Lipinski definition) is 1. The molecule has 0 aliphatic carbocycles. The molecule has 1 amide bonds. The summed E-state index contributed by atoms with van der Waals surface area (Å²) in [5.41, 5.74) is 3.17. The molecule has 1 N–H and O–H groups in total. The standard InChI is InChI=1S/C30H30ClFN2O2/c1-5-30(3,4)18-17-27(33-6-2)22-9-7-21(8-10-22)20-34-29(35)26-19-23(31)11-16-28(26)36-25-14-12-24(32)13-15-25/h7-17,19H,2,5,18,20H2,1,3-4H3,(H,34,35)/b27-17+. The van der Waals surface area contributed by atoms with Crippen LogP contribution in [0.2, 0.25) is 5.02 Å². The van der Waals surface area contributed by atoms with Crippen LogP contribution < -0.4 is 10.1 Å². The van der Waals surface area contributed by atoms with Crippen LogP contribution in [0.3, 0.4) is 0 Å². The summed E-state index contributed by atoms with van der Waals surface area (Å²) in [6.07, 6.45) is 4.07. The maximum atomic E-state index is 13.2. The first-order valence-corrected chi connectivity index (χ1v) is 12.1. The summed E-state index contributed by atoms with van der Waals surface area (Å²) < 4.78 is 19.0. The highest BCUT2D eigenvalue weighted by Crippen LogP contribution is 2.29. The number of carbonyl (C=O) groups excluding carboxylic acids is 1. The van der Waals surface area contributed by atoms with Crippen LogP contribution in [-0.4, -0.2) is 11.8 Å². The lowest BCUT2D eigenvalue weighted by molar-refractivity contribution is 0.0948. The van der Waals surface area contributed by atoms with Crippen molar-refractivity contribution in [3.8, 4) is 11.5 Å². The molecule has 6 heteroatoms. The monoisotopic (exact) mass is 504 g/mol. The van der Waals surface area contributed by atoms with Crippen molar-refractivity contribution in [1.82, 2.24) is 5.32 Å². The third-order valence-electron chi connectivity index (χ3n) is 5.94. The largest absolute Gasteiger partial charge is 0.457 e. The number of carbonyl (C=O) groups is 1. The van der Waals surface area contributed by atoms with E-state index in [1.54, 1.807) is 18.2 Å². The predicted molar refractivity (Wildman–Crippen MR) is 145 cm³/mol. The molecule has 0 bridgehead atoms. The van der Waals surface area contributed by atoms with Gasteiger partial charge in [0.1, 0.15) is 17.3 Å². The van der Waals surface area contributed by atoms with Gasteiger partial charge in [0.2, 0.25) is 0 Å². The molecule has 0 spiro atoms. The summed E-state index contributed by atoms with van der Waals surface area (Å²) in [6, 6.07) is 18.2. The second-order valence-electron chi connectivity index (χ2n) is 9.16. The van der Waals surface area contributed by atoms with Gasteiger partial charge in [-0.05, 0) is 72.3 Å². The van der Waals surface area contributed by atoms with Crippen molar-refractivity contribution < 1.29 is 13.9 Å². The summed E-state index contributed by atoms with van der Waals surface area (Å²) in [6.45, 7) is 10.5. The molecule has 4 nitrogen and oxygen atoms in total. The van der Waals surface area contributed by atoms with E-state index >= 15 is 0 Å². The Labute approximate surface area is 217 Å². The zero-order chi connectivity index (χ0) is 26.1. The maximum Gasteiger partial charge on any atom is 0.255 e. The number of ether oxygens (including phenoxy) is 1. The van der Waals surface area contributed by atoms with E-state index < -0.39 is 0 Å². The van der Waals surface area contributed by atoms with Crippen molar-refractivity contribution in [2.24, 2.45) is 10.4 Å². The van der Waals surface area contributed by atoms with Crippen LogP contribution in [0.4, 0.5) is 4.39 Å². The molecule has 3 aromatic carbocycles. The Bertz CT molecular complexity index is 1280. The number of nitrogens with one attached hydrogen (secondary N) is 1. The minimum atomic E-state index is -0.369. The Morgan fingerprint density at radius 2 is 1.83 bits per heavy atom. The lowest BCUT2D eigenvalue weighted by Gasteiger charge is -2.20. The van der Waals surface area contributed by atoms with E-state index in [0.717, 1.165) is 29.7 Å². The topological polar surface area (TPSA) is 50.7 Å². The van der Waals surface area contributed by atoms with Crippen LogP contribution in [-0.2, 0) is 6.54 Å². The van der Waals surface area contributed by atoms with Crippen LogP contribution in [0.15, 0.2) is 84.4 Å². The van der Waals surface area contributed by atoms with Crippen LogP contribution in [0.25, 0.3) is 5.70 Å². The fourth-order valence-electron chi connectivity index (χ4n) is 3.30. The zero-order valence-electron chi connectivity index (χ0n) is 20.8. The Morgan fingerprint density at radius 3 is 2.47 bits per heavy atom. The number of allylic oxidation sites excluding steroid dienone is 1. The van der Waals surface area contributed by atoms with E-state index in [1.807, 2.05) is 24.3 Å². The first-order valence-electron chi connectivity index (χ1n) is 11.7. The zero-order valence-corrected chi connectivity index (χ0v) is 21.5. The number of hydrogen-bond acceptors (Lipinski definition) is 3. The van der Waals surface area contributed by atoms with Crippen molar-refractivity contribution in [2.75, 3.05) is 0 Å². The third kappa shape index (κ3) is 7.67. The molecule has 0 aromatic heterocycles. The molecule has 0 fully saturated rings. The van der Waals surface area contributed by atoms with E-state index in [-0.39, 0.29) is 22.7 Å². The summed E-state index contributed by atoms with van der Waals surface area (Å²) in [5, 5.41) is 3.31. The van der Waals surface area contributed by atoms with Gasteiger partial charge in [-0.1, -0.05) is 69.1 Å². The molecule has 0 saturated carbocycles. The van der Waals surface area contributed by atoms with Crippen LogP contribution in [0.5, 0.6) is 11.5 Å². The van der Waals surface area contributed by atoms with Gasteiger partial charge in [0.25, 0.3) is 5.91 Å².